The van der Waals surface area contributed by atoms with Crippen molar-refractivity contribution in [1.82, 2.24) is 10.2 Å². The van der Waals surface area contributed by atoms with Crippen LogP contribution in [0.2, 0.25) is 0 Å². The van der Waals surface area contributed by atoms with Crippen LogP contribution in [0.5, 0.6) is 0 Å². The lowest BCUT2D eigenvalue weighted by Crippen LogP contribution is -2.21. The van der Waals surface area contributed by atoms with E-state index >= 15 is 0 Å². The number of hydrogen-bond acceptors (Lipinski definition) is 6. The van der Waals surface area contributed by atoms with Crippen molar-refractivity contribution in [2.45, 2.75) is 29.7 Å². The lowest BCUT2D eigenvalue weighted by molar-refractivity contribution is 0.0315. The van der Waals surface area contributed by atoms with Gasteiger partial charge in [-0.15, -0.1) is 10.2 Å². The monoisotopic (exact) mass is 325 g/mol. The van der Waals surface area contributed by atoms with Crippen LogP contribution in [0, 0.1) is 5.82 Å². The zero-order valence-corrected chi connectivity index (χ0v) is 13.1. The van der Waals surface area contributed by atoms with E-state index in [1.165, 1.54) is 23.8 Å². The molecular weight excluding hydrogens is 309 g/mol. The Morgan fingerprint density at radius 3 is 3.05 bits per heavy atom. The maximum Gasteiger partial charge on any atom is 0.210 e. The lowest BCUT2D eigenvalue weighted by Gasteiger charge is -2.21. The summed E-state index contributed by atoms with van der Waals surface area (Å²) in [6.45, 7) is 0.863. The second-order valence-corrected chi connectivity index (χ2v) is 7.02. The topological polar surface area (TPSA) is 47.0 Å². The number of rotatable bonds is 5. The molecule has 0 unspecified atom stereocenters. The number of ether oxygens (including phenoxy) is 1. The van der Waals surface area contributed by atoms with Gasteiger partial charge in [0.05, 0.1) is 11.8 Å². The summed E-state index contributed by atoms with van der Waals surface area (Å²) in [5, 5.41) is 11.7. The van der Waals surface area contributed by atoms with Crippen molar-refractivity contribution in [2.24, 2.45) is 0 Å². The van der Waals surface area contributed by atoms with Crippen molar-refractivity contribution in [3.63, 3.8) is 0 Å². The van der Waals surface area contributed by atoms with Crippen molar-refractivity contribution in [3.8, 4) is 0 Å². The molecule has 1 fully saturated rings. The maximum absolute atomic E-state index is 13.5. The van der Waals surface area contributed by atoms with Crippen LogP contribution >= 0.6 is 23.1 Å². The molecule has 1 aliphatic heterocycles. The lowest BCUT2D eigenvalue weighted by atomic mass is 10.1. The standard InChI is InChI=1S/C14H16FN3OS2/c15-11-6-1-2-7-12(11)16-13-17-18-14(21-13)20-9-10-5-3-4-8-19-10/h1-2,6-7,10H,3-5,8-9H2,(H,16,17)/t10-/m0/s1. The Morgan fingerprint density at radius 2 is 2.24 bits per heavy atom. The Labute approximate surface area is 131 Å². The van der Waals surface area contributed by atoms with Gasteiger partial charge in [0.1, 0.15) is 5.82 Å². The molecule has 2 aromatic rings. The van der Waals surface area contributed by atoms with Crippen molar-refractivity contribution < 1.29 is 9.13 Å². The minimum absolute atomic E-state index is 0.294. The molecule has 0 saturated carbocycles. The molecule has 21 heavy (non-hydrogen) atoms. The van der Waals surface area contributed by atoms with E-state index in [9.17, 15) is 4.39 Å². The van der Waals surface area contributed by atoms with Crippen LogP contribution in [0.4, 0.5) is 15.2 Å². The number of benzene rings is 1. The van der Waals surface area contributed by atoms with Crippen LogP contribution in [-0.2, 0) is 4.74 Å². The highest BCUT2D eigenvalue weighted by molar-refractivity contribution is 8.01. The third kappa shape index (κ3) is 4.15. The predicted molar refractivity (Wildman–Crippen MR) is 83.9 cm³/mol. The van der Waals surface area contributed by atoms with Gasteiger partial charge in [0.2, 0.25) is 5.13 Å². The average molecular weight is 325 g/mol. The van der Waals surface area contributed by atoms with Gasteiger partial charge in [-0.3, -0.25) is 0 Å². The number of nitrogens with zero attached hydrogens (tertiary/aromatic N) is 2. The number of anilines is 2. The normalized spacial score (nSPS) is 18.6. The summed E-state index contributed by atoms with van der Waals surface area (Å²) >= 11 is 3.08. The molecule has 1 aromatic heterocycles. The van der Waals surface area contributed by atoms with Gasteiger partial charge in [0, 0.05) is 12.4 Å². The first-order valence-electron chi connectivity index (χ1n) is 6.91. The highest BCUT2D eigenvalue weighted by Crippen LogP contribution is 2.30. The summed E-state index contributed by atoms with van der Waals surface area (Å²) < 4.78 is 20.1. The van der Waals surface area contributed by atoms with Gasteiger partial charge in [-0.1, -0.05) is 35.2 Å². The second kappa shape index (κ2) is 7.20. The number of hydrogen-bond donors (Lipinski definition) is 1. The van der Waals surface area contributed by atoms with E-state index in [1.807, 2.05) is 0 Å². The first-order valence-corrected chi connectivity index (χ1v) is 8.71. The van der Waals surface area contributed by atoms with Crippen LogP contribution in [0.1, 0.15) is 19.3 Å². The number of nitrogens with one attached hydrogen (secondary N) is 1. The second-order valence-electron chi connectivity index (χ2n) is 4.78. The van der Waals surface area contributed by atoms with Crippen molar-refractivity contribution >= 4 is 33.9 Å². The Morgan fingerprint density at radius 1 is 1.33 bits per heavy atom. The summed E-state index contributed by atoms with van der Waals surface area (Å²) in [6.07, 6.45) is 3.83. The van der Waals surface area contributed by atoms with Gasteiger partial charge in [-0.25, -0.2) is 4.39 Å². The molecule has 0 radical (unpaired) electrons. The highest BCUT2D eigenvalue weighted by Gasteiger charge is 2.15. The largest absolute Gasteiger partial charge is 0.377 e. The summed E-state index contributed by atoms with van der Waals surface area (Å²) in [4.78, 5) is 0. The van der Waals surface area contributed by atoms with Gasteiger partial charge in [-0.2, -0.15) is 0 Å². The van der Waals surface area contributed by atoms with Crippen molar-refractivity contribution in [1.29, 1.82) is 0 Å². The molecule has 0 spiro atoms. The first kappa shape index (κ1) is 14.7. The smallest absolute Gasteiger partial charge is 0.210 e. The fraction of sp³-hybridized carbons (Fsp3) is 0.429. The summed E-state index contributed by atoms with van der Waals surface area (Å²) in [5.41, 5.74) is 0.417. The van der Waals surface area contributed by atoms with Gasteiger partial charge < -0.3 is 10.1 Å². The molecular formula is C14H16FN3OS2. The molecule has 4 nitrogen and oxygen atoms in total. The fourth-order valence-corrected chi connectivity index (χ4v) is 3.96. The molecule has 7 heteroatoms. The quantitative estimate of drug-likeness (QED) is 0.839. The number of aromatic nitrogens is 2. The van der Waals surface area contributed by atoms with Crippen molar-refractivity contribution in [3.05, 3.63) is 30.1 Å². The minimum atomic E-state index is -0.294. The molecule has 112 valence electrons. The van der Waals surface area contributed by atoms with Crippen LogP contribution < -0.4 is 5.32 Å². The van der Waals surface area contributed by atoms with Crippen LogP contribution in [0.3, 0.4) is 0 Å². The summed E-state index contributed by atoms with van der Waals surface area (Å²) in [6, 6.07) is 6.54. The molecule has 2 heterocycles. The summed E-state index contributed by atoms with van der Waals surface area (Å²) in [7, 11) is 0. The van der Waals surface area contributed by atoms with E-state index in [0.29, 0.717) is 16.9 Å². The number of thioether (sulfide) groups is 1. The van der Waals surface area contributed by atoms with Gasteiger partial charge in [-0.05, 0) is 31.4 Å². The van der Waals surface area contributed by atoms with E-state index in [2.05, 4.69) is 15.5 Å². The third-order valence-corrected chi connectivity index (χ3v) is 5.29. The Bertz CT molecular complexity index is 587. The van der Waals surface area contributed by atoms with E-state index in [4.69, 9.17) is 4.74 Å². The van der Waals surface area contributed by atoms with E-state index in [1.54, 1.807) is 30.0 Å². The van der Waals surface area contributed by atoms with Gasteiger partial charge in [0.25, 0.3) is 0 Å². The molecule has 1 N–H and O–H groups in total. The third-order valence-electron chi connectivity index (χ3n) is 3.19. The molecule has 1 aliphatic rings. The zero-order chi connectivity index (χ0) is 14.5. The maximum atomic E-state index is 13.5. The highest BCUT2D eigenvalue weighted by atomic mass is 32.2. The molecule has 0 amide bonds. The first-order chi connectivity index (χ1) is 10.3. The summed E-state index contributed by atoms with van der Waals surface area (Å²) in [5.74, 6) is 0.603. The van der Waals surface area contributed by atoms with E-state index < -0.39 is 0 Å². The minimum Gasteiger partial charge on any atom is -0.377 e. The van der Waals surface area contributed by atoms with Crippen molar-refractivity contribution in [2.75, 3.05) is 17.7 Å². The molecule has 3 rings (SSSR count). The predicted octanol–water partition coefficient (Wildman–Crippen LogP) is 4.08. The van der Waals surface area contributed by atoms with E-state index in [0.717, 1.165) is 29.5 Å². The molecule has 1 aromatic carbocycles. The average Bonchev–Trinajstić information content (AvgIpc) is 2.96. The number of para-hydroxylation sites is 1. The number of halogens is 1. The van der Waals surface area contributed by atoms with Crippen LogP contribution in [0.15, 0.2) is 28.6 Å². The SMILES string of the molecule is Fc1ccccc1Nc1nnc(SC[C@@H]2CCCCO2)s1. The molecule has 1 saturated heterocycles. The zero-order valence-electron chi connectivity index (χ0n) is 11.4. The Kier molecular flexibility index (Phi) is 5.05. The van der Waals surface area contributed by atoms with Crippen LogP contribution in [0.25, 0.3) is 0 Å². The fourth-order valence-electron chi connectivity index (χ4n) is 2.10. The van der Waals surface area contributed by atoms with Crippen LogP contribution in [-0.4, -0.2) is 28.7 Å². The Balaban J connectivity index is 1.55. The Hall–Kier alpha value is -1.18. The molecule has 1 atom stereocenters. The van der Waals surface area contributed by atoms with Gasteiger partial charge in [0.15, 0.2) is 4.34 Å². The van der Waals surface area contributed by atoms with E-state index in [-0.39, 0.29) is 5.82 Å². The molecule has 0 bridgehead atoms. The van der Waals surface area contributed by atoms with Gasteiger partial charge >= 0.3 is 0 Å². The molecule has 0 aliphatic carbocycles.